The van der Waals surface area contributed by atoms with Gasteiger partial charge in [0.15, 0.2) is 0 Å². The molecular weight excluding hydrogens is 268 g/mol. The van der Waals surface area contributed by atoms with E-state index in [-0.39, 0.29) is 17.4 Å². The van der Waals surface area contributed by atoms with E-state index in [1.165, 1.54) is 6.92 Å². The van der Waals surface area contributed by atoms with Gasteiger partial charge in [0.1, 0.15) is 0 Å². The van der Waals surface area contributed by atoms with Crippen molar-refractivity contribution in [3.8, 4) is 0 Å². The highest BCUT2D eigenvalue weighted by atomic mass is 16.2. The molecule has 6 nitrogen and oxygen atoms in total. The second kappa shape index (κ2) is 4.80. The first kappa shape index (κ1) is 14.0. The van der Waals surface area contributed by atoms with Gasteiger partial charge in [-0.15, -0.1) is 0 Å². The number of amides is 2. The van der Waals surface area contributed by atoms with Gasteiger partial charge in [0.25, 0.3) is 0 Å². The fourth-order valence-electron chi connectivity index (χ4n) is 2.35. The molecule has 2 aliphatic rings. The lowest BCUT2D eigenvalue weighted by atomic mass is 10.1. The average Bonchev–Trinajstić information content (AvgIpc) is 3.36. The fraction of sp³-hybridized carbons (Fsp3) is 0.533. The van der Waals surface area contributed by atoms with Crippen molar-refractivity contribution >= 4 is 11.8 Å². The maximum absolute atomic E-state index is 12.1. The van der Waals surface area contributed by atoms with Crippen molar-refractivity contribution in [2.24, 2.45) is 5.73 Å². The summed E-state index contributed by atoms with van der Waals surface area (Å²) in [6, 6.07) is 3.81. The largest absolute Gasteiger partial charge is 0.352 e. The van der Waals surface area contributed by atoms with Crippen LogP contribution in [0, 0.1) is 0 Å². The van der Waals surface area contributed by atoms with Crippen molar-refractivity contribution in [1.29, 1.82) is 0 Å². The summed E-state index contributed by atoms with van der Waals surface area (Å²) in [5.41, 5.74) is 6.73. The summed E-state index contributed by atoms with van der Waals surface area (Å²) in [4.78, 5) is 27.5. The molecular formula is C15H20N4O2. The summed E-state index contributed by atoms with van der Waals surface area (Å²) in [5, 5.41) is 5.83. The van der Waals surface area contributed by atoms with Crippen molar-refractivity contribution in [3.63, 3.8) is 0 Å². The van der Waals surface area contributed by atoms with Gasteiger partial charge in [0.2, 0.25) is 11.8 Å². The maximum atomic E-state index is 12.1. The summed E-state index contributed by atoms with van der Waals surface area (Å²) in [7, 11) is 0. The minimum atomic E-state index is -0.663. The number of carbonyl (C=O) groups excluding carboxylic acids is 2. The summed E-state index contributed by atoms with van der Waals surface area (Å²) in [5.74, 6) is -0.143. The van der Waals surface area contributed by atoms with Crippen molar-refractivity contribution in [1.82, 2.24) is 15.6 Å². The highest BCUT2D eigenvalue weighted by Gasteiger charge is 2.53. The zero-order valence-electron chi connectivity index (χ0n) is 12.1. The van der Waals surface area contributed by atoms with Gasteiger partial charge in [-0.1, -0.05) is 0 Å². The number of nitrogens with two attached hydrogens (primary N) is 1. The van der Waals surface area contributed by atoms with E-state index < -0.39 is 5.54 Å². The Bertz CT molecular complexity index is 591. The predicted octanol–water partition coefficient (Wildman–Crippen LogP) is 0.314. The molecule has 0 aromatic carbocycles. The second-order valence-electron chi connectivity index (χ2n) is 6.15. The Morgan fingerprint density at radius 3 is 2.62 bits per heavy atom. The van der Waals surface area contributed by atoms with Crippen LogP contribution in [0.5, 0.6) is 0 Å². The summed E-state index contributed by atoms with van der Waals surface area (Å²) in [6.45, 7) is 1.96. The van der Waals surface area contributed by atoms with Crippen LogP contribution in [-0.2, 0) is 21.7 Å². The van der Waals surface area contributed by atoms with Gasteiger partial charge in [-0.2, -0.15) is 0 Å². The van der Waals surface area contributed by atoms with Gasteiger partial charge < -0.3 is 16.4 Å². The Labute approximate surface area is 123 Å². The molecule has 0 atom stereocenters. The van der Waals surface area contributed by atoms with Crippen LogP contribution in [0.15, 0.2) is 18.3 Å². The second-order valence-corrected chi connectivity index (χ2v) is 6.15. The van der Waals surface area contributed by atoms with E-state index in [0.29, 0.717) is 6.54 Å². The molecule has 0 bridgehead atoms. The molecule has 112 valence electrons. The minimum absolute atomic E-state index is 0.0680. The van der Waals surface area contributed by atoms with E-state index in [0.717, 1.165) is 36.9 Å². The van der Waals surface area contributed by atoms with Gasteiger partial charge in [-0.25, -0.2) is 0 Å². The molecule has 1 aromatic heterocycles. The number of nitrogens with zero attached hydrogens (tertiary/aromatic N) is 1. The van der Waals surface area contributed by atoms with Crippen LogP contribution in [0.2, 0.25) is 0 Å². The number of nitrogens with one attached hydrogen (secondary N) is 2. The first-order valence-electron chi connectivity index (χ1n) is 7.25. The Balaban J connectivity index is 1.72. The number of hydrogen-bond donors (Lipinski definition) is 3. The zero-order chi connectivity index (χ0) is 15.1. The molecule has 1 aromatic rings. The molecule has 21 heavy (non-hydrogen) atoms. The van der Waals surface area contributed by atoms with Crippen LogP contribution in [0.3, 0.4) is 0 Å². The van der Waals surface area contributed by atoms with Gasteiger partial charge >= 0.3 is 0 Å². The molecule has 0 spiro atoms. The molecule has 0 saturated heterocycles. The van der Waals surface area contributed by atoms with Gasteiger partial charge in [0, 0.05) is 19.7 Å². The first-order valence-corrected chi connectivity index (χ1v) is 7.25. The van der Waals surface area contributed by atoms with Crippen LogP contribution in [0.4, 0.5) is 0 Å². The Morgan fingerprint density at radius 1 is 1.33 bits per heavy atom. The molecule has 3 rings (SSSR count). The van der Waals surface area contributed by atoms with Gasteiger partial charge in [0.05, 0.1) is 16.8 Å². The Morgan fingerprint density at radius 2 is 2.05 bits per heavy atom. The first-order chi connectivity index (χ1) is 9.93. The quantitative estimate of drug-likeness (QED) is 0.726. The molecule has 2 saturated carbocycles. The number of rotatable bonds is 5. The fourth-order valence-corrected chi connectivity index (χ4v) is 2.35. The summed E-state index contributed by atoms with van der Waals surface area (Å²) in [6.07, 6.45) is 4.99. The highest BCUT2D eigenvalue weighted by Crippen LogP contribution is 2.46. The standard InChI is InChI=1S/C15H20N4O2/c1-10(20)18-9-11-2-7-17-12(8-11)15(5-6-15)19-13(21)14(16)3-4-14/h2,7-8H,3-6,9,16H2,1H3,(H,18,20)(H,19,21). The highest BCUT2D eigenvalue weighted by molar-refractivity contribution is 5.90. The average molecular weight is 288 g/mol. The van der Waals surface area contributed by atoms with Crippen LogP contribution in [0.1, 0.15) is 43.9 Å². The van der Waals surface area contributed by atoms with Crippen LogP contribution >= 0.6 is 0 Å². The maximum Gasteiger partial charge on any atom is 0.240 e. The lowest BCUT2D eigenvalue weighted by Crippen LogP contribution is -2.47. The minimum Gasteiger partial charge on any atom is -0.352 e. The van der Waals surface area contributed by atoms with Crippen molar-refractivity contribution < 1.29 is 9.59 Å². The molecule has 0 unspecified atom stereocenters. The van der Waals surface area contributed by atoms with E-state index in [1.807, 2.05) is 12.1 Å². The van der Waals surface area contributed by atoms with Crippen LogP contribution in [-0.4, -0.2) is 22.3 Å². The van der Waals surface area contributed by atoms with E-state index in [4.69, 9.17) is 5.73 Å². The van der Waals surface area contributed by atoms with Crippen molar-refractivity contribution in [2.45, 2.75) is 50.2 Å². The molecule has 6 heteroatoms. The van der Waals surface area contributed by atoms with Gasteiger partial charge in [-0.05, 0) is 43.4 Å². The normalized spacial score (nSPS) is 20.5. The Hall–Kier alpha value is -1.95. The molecule has 2 aliphatic carbocycles. The number of pyridine rings is 1. The van der Waals surface area contributed by atoms with Crippen LogP contribution in [0.25, 0.3) is 0 Å². The third kappa shape index (κ3) is 2.90. The molecule has 2 amide bonds. The summed E-state index contributed by atoms with van der Waals surface area (Å²) < 4.78 is 0. The monoisotopic (exact) mass is 288 g/mol. The topological polar surface area (TPSA) is 97.1 Å². The van der Waals surface area contributed by atoms with Crippen LogP contribution < -0.4 is 16.4 Å². The molecule has 0 radical (unpaired) electrons. The zero-order valence-corrected chi connectivity index (χ0v) is 12.1. The van der Waals surface area contributed by atoms with E-state index >= 15 is 0 Å². The van der Waals surface area contributed by atoms with E-state index in [9.17, 15) is 9.59 Å². The van der Waals surface area contributed by atoms with E-state index in [2.05, 4.69) is 15.6 Å². The number of carbonyl (C=O) groups is 2. The lowest BCUT2D eigenvalue weighted by Gasteiger charge is -2.20. The number of aromatic nitrogens is 1. The smallest absolute Gasteiger partial charge is 0.240 e. The van der Waals surface area contributed by atoms with Gasteiger partial charge in [-0.3, -0.25) is 14.6 Å². The van der Waals surface area contributed by atoms with Crippen molar-refractivity contribution in [2.75, 3.05) is 0 Å². The SMILES string of the molecule is CC(=O)NCc1ccnc(C2(NC(=O)C3(N)CC3)CC2)c1. The Kier molecular flexibility index (Phi) is 3.20. The third-order valence-electron chi connectivity index (χ3n) is 4.20. The predicted molar refractivity (Wildman–Crippen MR) is 77.0 cm³/mol. The molecule has 2 fully saturated rings. The lowest BCUT2D eigenvalue weighted by molar-refractivity contribution is -0.124. The van der Waals surface area contributed by atoms with E-state index in [1.54, 1.807) is 6.20 Å². The molecule has 4 N–H and O–H groups in total. The van der Waals surface area contributed by atoms with Crippen molar-refractivity contribution in [3.05, 3.63) is 29.6 Å². The summed E-state index contributed by atoms with van der Waals surface area (Å²) >= 11 is 0. The molecule has 0 aliphatic heterocycles. The number of hydrogen-bond acceptors (Lipinski definition) is 4. The third-order valence-corrected chi connectivity index (χ3v) is 4.20. The molecule has 1 heterocycles.